The lowest BCUT2D eigenvalue weighted by Crippen LogP contribution is -2.66. The minimum atomic E-state index is -1.14. The fraction of sp³-hybridized carbons (Fsp3) is 0.628. The van der Waals surface area contributed by atoms with Gasteiger partial charge in [-0.3, -0.25) is 19.2 Å². The van der Waals surface area contributed by atoms with Gasteiger partial charge in [0.05, 0.1) is 12.1 Å². The first-order chi connectivity index (χ1) is 25.3. The molecule has 52 heavy (non-hydrogen) atoms. The van der Waals surface area contributed by atoms with Crippen molar-refractivity contribution in [2.75, 3.05) is 26.7 Å². The number of nitrogens with zero attached hydrogens (tertiary/aromatic N) is 2. The maximum absolute atomic E-state index is 14.6. The van der Waals surface area contributed by atoms with E-state index < -0.39 is 23.7 Å². The zero-order valence-corrected chi connectivity index (χ0v) is 32.2. The molecule has 2 fully saturated rings. The standard InChI is InChI=1S/C43H65N5O4/c1-4-5-6-7-8-9-10-11-12-13-14-15-22-28-38(49)45-37-33-47(40(50)34(2)44-3)32-30-43(29-23-31-48(43)41(37)51)42(52)46-39(35-24-18-16-19-25-35)36-26-20-17-21-27-36/h16-21,24-27,34,37,39,44H,4-15,22-23,28-33H2,1-3H3,(H,45,49)(H,46,52)/t34-,37?,43+/m1/s1. The van der Waals surface area contributed by atoms with Gasteiger partial charge in [-0.15, -0.1) is 0 Å². The van der Waals surface area contributed by atoms with Crippen LogP contribution in [0.3, 0.4) is 0 Å². The monoisotopic (exact) mass is 716 g/mol. The number of carbonyl (C=O) groups excluding carboxylic acids is 4. The van der Waals surface area contributed by atoms with Crippen LogP contribution in [0.15, 0.2) is 60.7 Å². The second-order valence-corrected chi connectivity index (χ2v) is 15.0. The Balaban J connectivity index is 1.39. The Morgan fingerprint density at radius 2 is 1.31 bits per heavy atom. The molecule has 3 atom stereocenters. The number of hydrogen-bond acceptors (Lipinski definition) is 5. The molecule has 0 bridgehead atoms. The summed E-state index contributed by atoms with van der Waals surface area (Å²) in [6.45, 7) is 4.86. The van der Waals surface area contributed by atoms with Crippen LogP contribution in [0, 0.1) is 0 Å². The van der Waals surface area contributed by atoms with Gasteiger partial charge in [0.1, 0.15) is 11.6 Å². The maximum atomic E-state index is 14.6. The lowest BCUT2D eigenvalue weighted by Gasteiger charge is -2.44. The molecule has 2 heterocycles. The van der Waals surface area contributed by atoms with E-state index in [0.29, 0.717) is 38.8 Å². The van der Waals surface area contributed by atoms with E-state index in [2.05, 4.69) is 22.9 Å². The Morgan fingerprint density at radius 1 is 0.769 bits per heavy atom. The second-order valence-electron chi connectivity index (χ2n) is 15.0. The fourth-order valence-electron chi connectivity index (χ4n) is 7.90. The summed E-state index contributed by atoms with van der Waals surface area (Å²) in [5.41, 5.74) is 0.745. The average molecular weight is 716 g/mol. The SMILES string of the molecule is CCCCCCCCCCCCCCCC(=O)NC1CN(C(=O)[C@@H](C)NC)CC[C@]2(C(=O)NC(c3ccccc3)c3ccccc3)CCCN2C1=O. The van der Waals surface area contributed by atoms with Gasteiger partial charge in [0, 0.05) is 26.1 Å². The molecule has 0 aliphatic carbocycles. The number of fused-ring (bicyclic) bond motifs is 1. The highest BCUT2D eigenvalue weighted by Crippen LogP contribution is 2.37. The van der Waals surface area contributed by atoms with Crippen molar-refractivity contribution in [3.05, 3.63) is 71.8 Å². The maximum Gasteiger partial charge on any atom is 0.247 e. The average Bonchev–Trinajstić information content (AvgIpc) is 3.60. The number of benzene rings is 2. The third-order valence-corrected chi connectivity index (χ3v) is 11.2. The molecule has 9 heteroatoms. The van der Waals surface area contributed by atoms with Gasteiger partial charge >= 0.3 is 0 Å². The first-order valence-corrected chi connectivity index (χ1v) is 20.3. The summed E-state index contributed by atoms with van der Waals surface area (Å²) in [5.74, 6) is -0.862. The molecule has 0 saturated carbocycles. The third kappa shape index (κ3) is 11.6. The largest absolute Gasteiger partial charge is 0.343 e. The molecule has 0 aromatic heterocycles. The van der Waals surface area contributed by atoms with Crippen LogP contribution in [-0.2, 0) is 19.2 Å². The summed E-state index contributed by atoms with van der Waals surface area (Å²) in [4.78, 5) is 59.3. The van der Waals surface area contributed by atoms with Gasteiger partial charge in [0.2, 0.25) is 23.6 Å². The molecule has 286 valence electrons. The number of nitrogens with one attached hydrogen (secondary N) is 3. The number of hydrogen-bond donors (Lipinski definition) is 3. The lowest BCUT2D eigenvalue weighted by molar-refractivity contribution is -0.152. The van der Waals surface area contributed by atoms with Crippen molar-refractivity contribution < 1.29 is 19.2 Å². The van der Waals surface area contributed by atoms with Crippen LogP contribution in [0.25, 0.3) is 0 Å². The Kier molecular flexibility index (Phi) is 17.1. The molecule has 9 nitrogen and oxygen atoms in total. The summed E-state index contributed by atoms with van der Waals surface area (Å²) in [6.07, 6.45) is 17.8. The molecular weight excluding hydrogens is 651 g/mol. The number of likely N-dealkylation sites (N-methyl/N-ethyl adjacent to an activating group) is 1. The van der Waals surface area contributed by atoms with E-state index in [1.165, 1.54) is 64.2 Å². The summed E-state index contributed by atoms with van der Waals surface area (Å²) in [5, 5.41) is 9.34. The van der Waals surface area contributed by atoms with Gasteiger partial charge in [0.25, 0.3) is 0 Å². The Morgan fingerprint density at radius 3 is 1.85 bits per heavy atom. The molecule has 2 aliphatic rings. The van der Waals surface area contributed by atoms with Crippen molar-refractivity contribution in [2.24, 2.45) is 0 Å². The second kappa shape index (κ2) is 21.7. The summed E-state index contributed by atoms with van der Waals surface area (Å²) >= 11 is 0. The number of unbranched alkanes of at least 4 members (excludes halogenated alkanes) is 12. The van der Waals surface area contributed by atoms with Crippen LogP contribution in [0.1, 0.15) is 140 Å². The van der Waals surface area contributed by atoms with Crippen molar-refractivity contribution in [3.8, 4) is 0 Å². The molecule has 2 aromatic rings. The molecule has 2 aromatic carbocycles. The smallest absolute Gasteiger partial charge is 0.247 e. The van der Waals surface area contributed by atoms with E-state index in [0.717, 1.165) is 30.4 Å². The molecule has 0 radical (unpaired) electrons. The number of carbonyl (C=O) groups is 4. The van der Waals surface area contributed by atoms with Crippen LogP contribution in [-0.4, -0.2) is 77.7 Å². The first kappa shape index (κ1) is 41.0. The zero-order chi connectivity index (χ0) is 37.2. The Bertz CT molecular complexity index is 1350. The van der Waals surface area contributed by atoms with E-state index >= 15 is 0 Å². The number of rotatable bonds is 21. The van der Waals surface area contributed by atoms with Crippen LogP contribution >= 0.6 is 0 Å². The van der Waals surface area contributed by atoms with Crippen molar-refractivity contribution >= 4 is 23.6 Å². The van der Waals surface area contributed by atoms with Gasteiger partial charge in [-0.1, -0.05) is 145 Å². The molecule has 4 rings (SSSR count). The van der Waals surface area contributed by atoms with Crippen molar-refractivity contribution in [2.45, 2.75) is 147 Å². The van der Waals surface area contributed by atoms with E-state index in [9.17, 15) is 19.2 Å². The van der Waals surface area contributed by atoms with Crippen molar-refractivity contribution in [1.29, 1.82) is 0 Å². The molecule has 1 unspecified atom stereocenters. The van der Waals surface area contributed by atoms with Gasteiger partial charge in [-0.05, 0) is 50.8 Å². The predicted molar refractivity (Wildman–Crippen MR) is 209 cm³/mol. The highest BCUT2D eigenvalue weighted by molar-refractivity contribution is 5.96. The molecule has 3 N–H and O–H groups in total. The van der Waals surface area contributed by atoms with Crippen molar-refractivity contribution in [3.63, 3.8) is 0 Å². The molecule has 4 amide bonds. The van der Waals surface area contributed by atoms with E-state index in [1.807, 2.05) is 60.7 Å². The lowest BCUT2D eigenvalue weighted by atomic mass is 9.87. The number of amides is 4. The van der Waals surface area contributed by atoms with Crippen LogP contribution in [0.5, 0.6) is 0 Å². The quantitative estimate of drug-likeness (QED) is 0.120. The zero-order valence-electron chi connectivity index (χ0n) is 32.2. The fourth-order valence-corrected chi connectivity index (χ4v) is 7.90. The molecule has 0 spiro atoms. The van der Waals surface area contributed by atoms with Crippen molar-refractivity contribution in [1.82, 2.24) is 25.8 Å². The Hall–Kier alpha value is -3.72. The van der Waals surface area contributed by atoms with E-state index in [1.54, 1.807) is 23.8 Å². The molecular formula is C43H65N5O4. The summed E-state index contributed by atoms with van der Waals surface area (Å²) in [7, 11) is 1.73. The first-order valence-electron chi connectivity index (χ1n) is 20.3. The normalized spacial score (nSPS) is 19.5. The van der Waals surface area contributed by atoms with Gasteiger partial charge in [-0.2, -0.15) is 0 Å². The minimum absolute atomic E-state index is 0.0822. The van der Waals surface area contributed by atoms with Crippen LogP contribution in [0.4, 0.5) is 0 Å². The highest BCUT2D eigenvalue weighted by atomic mass is 16.2. The van der Waals surface area contributed by atoms with Crippen LogP contribution < -0.4 is 16.0 Å². The minimum Gasteiger partial charge on any atom is -0.343 e. The molecule has 2 aliphatic heterocycles. The Labute approximate surface area is 313 Å². The van der Waals surface area contributed by atoms with Gasteiger partial charge < -0.3 is 25.8 Å². The van der Waals surface area contributed by atoms with Crippen LogP contribution in [0.2, 0.25) is 0 Å². The van der Waals surface area contributed by atoms with Gasteiger partial charge in [-0.25, -0.2) is 0 Å². The topological polar surface area (TPSA) is 111 Å². The van der Waals surface area contributed by atoms with E-state index in [4.69, 9.17) is 0 Å². The highest BCUT2D eigenvalue weighted by Gasteiger charge is 2.53. The summed E-state index contributed by atoms with van der Waals surface area (Å²) in [6, 6.07) is 17.9. The summed E-state index contributed by atoms with van der Waals surface area (Å²) < 4.78 is 0. The molecule has 2 saturated heterocycles. The predicted octanol–water partition coefficient (Wildman–Crippen LogP) is 7.06. The third-order valence-electron chi connectivity index (χ3n) is 11.2. The van der Waals surface area contributed by atoms with E-state index in [-0.39, 0.29) is 30.2 Å². The van der Waals surface area contributed by atoms with Gasteiger partial charge in [0.15, 0.2) is 0 Å².